The molecule has 0 amide bonds. The number of rotatable bonds is 2. The van der Waals surface area contributed by atoms with Crippen molar-refractivity contribution in [3.63, 3.8) is 0 Å². The van der Waals surface area contributed by atoms with Crippen molar-refractivity contribution < 1.29 is 10.2 Å². The lowest BCUT2D eigenvalue weighted by molar-refractivity contribution is 0.444. The van der Waals surface area contributed by atoms with Gasteiger partial charge in [-0.2, -0.15) is 0 Å². The highest BCUT2D eigenvalue weighted by Gasteiger charge is 2.13. The lowest BCUT2D eigenvalue weighted by Crippen LogP contribution is -2.10. The molecule has 0 spiro atoms. The molecular weight excluding hydrogens is 210 g/mol. The second-order valence-corrected chi connectivity index (χ2v) is 4.22. The van der Waals surface area contributed by atoms with Gasteiger partial charge in [0.1, 0.15) is 11.5 Å². The van der Waals surface area contributed by atoms with E-state index < -0.39 is 0 Å². The van der Waals surface area contributed by atoms with Gasteiger partial charge in [-0.15, -0.1) is 11.3 Å². The van der Waals surface area contributed by atoms with E-state index in [0.29, 0.717) is 5.56 Å². The molecule has 0 bridgehead atoms. The monoisotopic (exact) mass is 221 g/mol. The van der Waals surface area contributed by atoms with Gasteiger partial charge in [0.15, 0.2) is 0 Å². The quantitative estimate of drug-likeness (QED) is 0.728. The molecule has 0 saturated heterocycles. The summed E-state index contributed by atoms with van der Waals surface area (Å²) in [7, 11) is 0. The molecule has 3 nitrogen and oxygen atoms in total. The van der Waals surface area contributed by atoms with Gasteiger partial charge in [0.25, 0.3) is 0 Å². The Bertz CT molecular complexity index is 454. The van der Waals surface area contributed by atoms with Crippen LogP contribution in [0, 0.1) is 0 Å². The Balaban J connectivity index is 2.38. The van der Waals surface area contributed by atoms with Gasteiger partial charge in [0, 0.05) is 16.5 Å². The molecule has 0 aliphatic heterocycles. The number of thiophene rings is 1. The summed E-state index contributed by atoms with van der Waals surface area (Å²) < 4.78 is 0. The maximum absolute atomic E-state index is 9.63. The SMILES string of the molecule is N[C@H](c1cccs1)c1ccc(O)cc1O. The predicted molar refractivity (Wildman–Crippen MR) is 60.1 cm³/mol. The van der Waals surface area contributed by atoms with E-state index in [1.165, 1.54) is 12.1 Å². The molecule has 78 valence electrons. The maximum Gasteiger partial charge on any atom is 0.124 e. The van der Waals surface area contributed by atoms with Gasteiger partial charge >= 0.3 is 0 Å². The van der Waals surface area contributed by atoms with Crippen LogP contribution in [0.3, 0.4) is 0 Å². The van der Waals surface area contributed by atoms with E-state index in [1.54, 1.807) is 17.4 Å². The Hall–Kier alpha value is -1.52. The number of hydrogen-bond acceptors (Lipinski definition) is 4. The molecule has 2 rings (SSSR count). The molecule has 0 aliphatic rings. The Morgan fingerprint density at radius 2 is 2.00 bits per heavy atom. The second-order valence-electron chi connectivity index (χ2n) is 3.24. The lowest BCUT2D eigenvalue weighted by atomic mass is 10.1. The Kier molecular flexibility index (Phi) is 2.62. The third-order valence-electron chi connectivity index (χ3n) is 2.20. The number of nitrogens with two attached hydrogens (primary N) is 1. The third kappa shape index (κ3) is 1.95. The molecule has 1 aromatic carbocycles. The van der Waals surface area contributed by atoms with Crippen molar-refractivity contribution >= 4 is 11.3 Å². The predicted octanol–water partition coefficient (Wildman–Crippen LogP) is 2.21. The number of phenolic OH excluding ortho intramolecular Hbond substituents is 2. The molecule has 2 aromatic rings. The average molecular weight is 221 g/mol. The summed E-state index contributed by atoms with van der Waals surface area (Å²) in [4.78, 5) is 0.982. The van der Waals surface area contributed by atoms with Crippen LogP contribution < -0.4 is 5.73 Å². The number of benzene rings is 1. The van der Waals surface area contributed by atoms with Gasteiger partial charge in [-0.3, -0.25) is 0 Å². The van der Waals surface area contributed by atoms with E-state index in [9.17, 15) is 5.11 Å². The van der Waals surface area contributed by atoms with Crippen molar-refractivity contribution in [3.05, 3.63) is 46.2 Å². The van der Waals surface area contributed by atoms with Gasteiger partial charge in [-0.1, -0.05) is 6.07 Å². The van der Waals surface area contributed by atoms with E-state index in [2.05, 4.69) is 0 Å². The Morgan fingerprint density at radius 1 is 1.20 bits per heavy atom. The molecule has 4 N–H and O–H groups in total. The second kappa shape index (κ2) is 3.92. The zero-order valence-electron chi connectivity index (χ0n) is 7.92. The first-order chi connectivity index (χ1) is 7.18. The summed E-state index contributed by atoms with van der Waals surface area (Å²) in [6.45, 7) is 0. The number of hydrogen-bond donors (Lipinski definition) is 3. The molecule has 0 fully saturated rings. The number of phenols is 2. The van der Waals surface area contributed by atoms with Crippen LogP contribution in [0.2, 0.25) is 0 Å². The normalized spacial score (nSPS) is 12.6. The van der Waals surface area contributed by atoms with Gasteiger partial charge < -0.3 is 15.9 Å². The minimum atomic E-state index is -0.342. The first-order valence-corrected chi connectivity index (χ1v) is 5.37. The van der Waals surface area contributed by atoms with E-state index in [4.69, 9.17) is 10.8 Å². The van der Waals surface area contributed by atoms with Gasteiger partial charge in [-0.05, 0) is 23.6 Å². The van der Waals surface area contributed by atoms with Gasteiger partial charge in [-0.25, -0.2) is 0 Å². The fourth-order valence-corrected chi connectivity index (χ4v) is 2.16. The number of aromatic hydroxyl groups is 2. The van der Waals surface area contributed by atoms with Crippen molar-refractivity contribution in [1.29, 1.82) is 0 Å². The first-order valence-electron chi connectivity index (χ1n) is 4.49. The summed E-state index contributed by atoms with van der Waals surface area (Å²) in [5.41, 5.74) is 6.60. The standard InChI is InChI=1S/C11H11NO2S/c12-11(10-2-1-5-15-10)8-4-3-7(13)6-9(8)14/h1-6,11,13-14H,12H2/t11-/m0/s1. The molecule has 0 aliphatic carbocycles. The van der Waals surface area contributed by atoms with Crippen molar-refractivity contribution in [1.82, 2.24) is 0 Å². The zero-order chi connectivity index (χ0) is 10.8. The van der Waals surface area contributed by atoms with Crippen molar-refractivity contribution in [3.8, 4) is 11.5 Å². The highest BCUT2D eigenvalue weighted by atomic mass is 32.1. The summed E-state index contributed by atoms with van der Waals surface area (Å²) >= 11 is 1.54. The summed E-state index contributed by atoms with van der Waals surface area (Å²) in [6.07, 6.45) is 0. The molecule has 15 heavy (non-hydrogen) atoms. The zero-order valence-corrected chi connectivity index (χ0v) is 8.74. The molecule has 0 unspecified atom stereocenters. The molecule has 1 aromatic heterocycles. The minimum Gasteiger partial charge on any atom is -0.508 e. The highest BCUT2D eigenvalue weighted by Crippen LogP contribution is 2.31. The van der Waals surface area contributed by atoms with Crippen LogP contribution in [0.5, 0.6) is 11.5 Å². The molecule has 0 radical (unpaired) electrons. The lowest BCUT2D eigenvalue weighted by Gasteiger charge is -2.11. The van der Waals surface area contributed by atoms with E-state index in [1.807, 2.05) is 17.5 Å². The Morgan fingerprint density at radius 3 is 2.60 bits per heavy atom. The Labute approximate surface area is 91.4 Å². The van der Waals surface area contributed by atoms with Crippen LogP contribution in [-0.2, 0) is 0 Å². The van der Waals surface area contributed by atoms with Crippen LogP contribution in [0.15, 0.2) is 35.7 Å². The minimum absolute atomic E-state index is 0.0240. The van der Waals surface area contributed by atoms with Crippen molar-refractivity contribution in [2.45, 2.75) is 6.04 Å². The topological polar surface area (TPSA) is 66.5 Å². The highest BCUT2D eigenvalue weighted by molar-refractivity contribution is 7.10. The average Bonchev–Trinajstić information content (AvgIpc) is 2.69. The van der Waals surface area contributed by atoms with Gasteiger partial charge in [0.2, 0.25) is 0 Å². The van der Waals surface area contributed by atoms with Gasteiger partial charge in [0.05, 0.1) is 6.04 Å². The smallest absolute Gasteiger partial charge is 0.124 e. The molecule has 4 heteroatoms. The fraction of sp³-hybridized carbons (Fsp3) is 0.0909. The first kappa shape index (κ1) is 10.0. The molecular formula is C11H11NO2S. The van der Waals surface area contributed by atoms with Crippen LogP contribution in [-0.4, -0.2) is 10.2 Å². The molecule has 0 saturated carbocycles. The summed E-state index contributed by atoms with van der Waals surface area (Å²) in [5, 5.41) is 20.7. The van der Waals surface area contributed by atoms with Crippen LogP contribution >= 0.6 is 11.3 Å². The summed E-state index contributed by atoms with van der Waals surface area (Å²) in [6, 6.07) is 7.94. The third-order valence-corrected chi connectivity index (χ3v) is 3.15. The van der Waals surface area contributed by atoms with Crippen LogP contribution in [0.1, 0.15) is 16.5 Å². The van der Waals surface area contributed by atoms with Crippen molar-refractivity contribution in [2.24, 2.45) is 5.73 Å². The van der Waals surface area contributed by atoms with Crippen molar-refractivity contribution in [2.75, 3.05) is 0 Å². The molecule has 1 heterocycles. The summed E-state index contributed by atoms with van der Waals surface area (Å²) in [5.74, 6) is 0.0607. The van der Waals surface area contributed by atoms with E-state index in [0.717, 1.165) is 4.88 Å². The van der Waals surface area contributed by atoms with E-state index >= 15 is 0 Å². The largest absolute Gasteiger partial charge is 0.508 e. The maximum atomic E-state index is 9.63. The molecule has 1 atom stereocenters. The van der Waals surface area contributed by atoms with Crippen LogP contribution in [0.4, 0.5) is 0 Å². The van der Waals surface area contributed by atoms with Crippen LogP contribution in [0.25, 0.3) is 0 Å². The fourth-order valence-electron chi connectivity index (χ4n) is 1.42. The van der Waals surface area contributed by atoms with E-state index in [-0.39, 0.29) is 17.5 Å².